The number of methoxy groups -OCH3 is 1. The smallest absolute Gasteiger partial charge is 0.339 e. The Balaban J connectivity index is 2.49. The van der Waals surface area contributed by atoms with Gasteiger partial charge in [0.05, 0.1) is 23.8 Å². The molecule has 2 N–H and O–H groups in total. The molecule has 1 aromatic heterocycles. The van der Waals surface area contributed by atoms with Gasteiger partial charge in [0.15, 0.2) is 0 Å². The van der Waals surface area contributed by atoms with Crippen LogP contribution in [0.1, 0.15) is 10.4 Å². The van der Waals surface area contributed by atoms with Crippen molar-refractivity contribution in [3.8, 4) is 0 Å². The van der Waals surface area contributed by atoms with Crippen molar-refractivity contribution in [1.82, 2.24) is 10.2 Å². The molecule has 22 heavy (non-hydrogen) atoms. The summed E-state index contributed by atoms with van der Waals surface area (Å²) >= 11 is 1.27. The number of anilines is 1. The van der Waals surface area contributed by atoms with Crippen LogP contribution in [0.5, 0.6) is 0 Å². The number of halogens is 1. The van der Waals surface area contributed by atoms with Crippen molar-refractivity contribution in [3.63, 3.8) is 0 Å². The van der Waals surface area contributed by atoms with E-state index in [1.807, 2.05) is 0 Å². The zero-order valence-corrected chi connectivity index (χ0v) is 13.2. The minimum Gasteiger partial charge on any atom is -0.465 e. The van der Waals surface area contributed by atoms with E-state index in [2.05, 4.69) is 19.7 Å². The van der Waals surface area contributed by atoms with Crippen LogP contribution in [0, 0.1) is 5.82 Å². The average Bonchev–Trinajstić information content (AvgIpc) is 2.92. The number of hydrogen-bond acceptors (Lipinski definition) is 6. The number of sulfonamides is 1. The molecule has 0 atom stereocenters. The Morgan fingerprint density at radius 2 is 2.18 bits per heavy atom. The number of carbonyl (C=O) groups excluding carboxylic acids is 1. The van der Waals surface area contributed by atoms with Gasteiger partial charge in [-0.1, -0.05) is 0 Å². The Morgan fingerprint density at radius 3 is 2.82 bits per heavy atom. The van der Waals surface area contributed by atoms with Crippen LogP contribution in [0.2, 0.25) is 0 Å². The van der Waals surface area contributed by atoms with E-state index in [9.17, 15) is 17.6 Å². The molecule has 10 heteroatoms. The number of nitrogens with one attached hydrogen (secondary N) is 2. The Morgan fingerprint density at radius 1 is 1.45 bits per heavy atom. The first kappa shape index (κ1) is 16.3. The van der Waals surface area contributed by atoms with Gasteiger partial charge in [-0.3, -0.25) is 9.82 Å². The highest BCUT2D eigenvalue weighted by atomic mass is 32.2. The number of esters is 1. The fourth-order valence-electron chi connectivity index (χ4n) is 1.69. The van der Waals surface area contributed by atoms with E-state index in [0.717, 1.165) is 25.3 Å². The molecule has 0 fully saturated rings. The lowest BCUT2D eigenvalue weighted by molar-refractivity contribution is 0.0596. The van der Waals surface area contributed by atoms with Gasteiger partial charge >= 0.3 is 5.97 Å². The number of nitrogens with zero attached hydrogens (tertiary/aromatic N) is 1. The number of thioether (sulfide) groups is 1. The fourth-order valence-corrected chi connectivity index (χ4v) is 3.46. The number of aromatic amines is 1. The molecule has 0 aliphatic rings. The molecule has 0 radical (unpaired) electrons. The molecule has 0 saturated heterocycles. The highest BCUT2D eigenvalue weighted by molar-refractivity contribution is 7.99. The largest absolute Gasteiger partial charge is 0.465 e. The second-order valence-electron chi connectivity index (χ2n) is 4.05. The van der Waals surface area contributed by atoms with Crippen LogP contribution in [-0.4, -0.2) is 38.0 Å². The van der Waals surface area contributed by atoms with Crippen LogP contribution >= 0.6 is 11.8 Å². The van der Waals surface area contributed by atoms with Crippen LogP contribution < -0.4 is 4.72 Å². The van der Waals surface area contributed by atoms with Gasteiger partial charge in [0.2, 0.25) is 0 Å². The van der Waals surface area contributed by atoms with Crippen molar-refractivity contribution in [2.24, 2.45) is 0 Å². The number of rotatable bonds is 5. The molecule has 1 aromatic carbocycles. The van der Waals surface area contributed by atoms with E-state index < -0.39 is 26.7 Å². The van der Waals surface area contributed by atoms with Crippen molar-refractivity contribution in [2.75, 3.05) is 18.1 Å². The summed E-state index contributed by atoms with van der Waals surface area (Å²) in [5, 5.41) is 6.21. The SMILES string of the molecule is COC(=O)c1ccc(F)cc1S(=O)(=O)Nc1[nH]ncc1SC. The summed E-state index contributed by atoms with van der Waals surface area (Å²) in [5.41, 5.74) is -0.262. The number of hydrogen-bond donors (Lipinski definition) is 2. The third-order valence-electron chi connectivity index (χ3n) is 2.70. The minimum absolute atomic E-state index is 0.132. The van der Waals surface area contributed by atoms with Gasteiger partial charge in [-0.05, 0) is 24.5 Å². The highest BCUT2D eigenvalue weighted by Gasteiger charge is 2.25. The number of benzene rings is 1. The molecule has 1 heterocycles. The summed E-state index contributed by atoms with van der Waals surface area (Å²) in [6.07, 6.45) is 3.18. The first-order valence-corrected chi connectivity index (χ1v) is 8.58. The lowest BCUT2D eigenvalue weighted by Gasteiger charge is -2.11. The van der Waals surface area contributed by atoms with Gasteiger partial charge in [-0.25, -0.2) is 17.6 Å². The fraction of sp³-hybridized carbons (Fsp3) is 0.167. The maximum Gasteiger partial charge on any atom is 0.339 e. The van der Waals surface area contributed by atoms with Gasteiger partial charge < -0.3 is 4.74 Å². The molecular weight excluding hydrogens is 333 g/mol. The second-order valence-corrected chi connectivity index (χ2v) is 6.55. The van der Waals surface area contributed by atoms with Gasteiger partial charge in [0, 0.05) is 0 Å². The summed E-state index contributed by atoms with van der Waals surface area (Å²) in [5.74, 6) is -1.54. The average molecular weight is 345 g/mol. The van der Waals surface area contributed by atoms with Crippen LogP contribution in [0.25, 0.3) is 0 Å². The topological polar surface area (TPSA) is 101 Å². The molecule has 2 rings (SSSR count). The number of carbonyl (C=O) groups is 1. The number of ether oxygens (including phenoxy) is 1. The third kappa shape index (κ3) is 3.22. The normalized spacial score (nSPS) is 11.2. The molecule has 2 aromatic rings. The van der Waals surface area contributed by atoms with E-state index >= 15 is 0 Å². The monoisotopic (exact) mass is 345 g/mol. The van der Waals surface area contributed by atoms with Crippen LogP contribution in [0.15, 0.2) is 34.2 Å². The Hall–Kier alpha value is -2.07. The van der Waals surface area contributed by atoms with Gasteiger partial charge in [-0.2, -0.15) is 5.10 Å². The molecule has 0 unspecified atom stereocenters. The minimum atomic E-state index is -4.20. The Kier molecular flexibility index (Phi) is 4.71. The molecule has 0 bridgehead atoms. The van der Waals surface area contributed by atoms with Gasteiger partial charge in [0.25, 0.3) is 10.0 Å². The van der Waals surface area contributed by atoms with Crippen molar-refractivity contribution >= 4 is 33.6 Å². The molecule has 0 aliphatic carbocycles. The predicted octanol–water partition coefficient (Wildman–Crippen LogP) is 1.86. The molecule has 7 nitrogen and oxygen atoms in total. The first-order chi connectivity index (χ1) is 10.4. The molecule has 118 valence electrons. The Labute approximate surface area is 130 Å². The van der Waals surface area contributed by atoms with E-state index in [1.54, 1.807) is 6.26 Å². The quantitative estimate of drug-likeness (QED) is 0.633. The highest BCUT2D eigenvalue weighted by Crippen LogP contribution is 2.26. The standard InChI is InChI=1S/C12H12FN3O4S2/c1-20-12(17)8-4-3-7(13)5-10(8)22(18,19)16-11-9(21-2)6-14-15-11/h3-6H,1-2H3,(H2,14,15,16). The maximum absolute atomic E-state index is 13.4. The van der Waals surface area contributed by atoms with Crippen LogP contribution in [-0.2, 0) is 14.8 Å². The second kappa shape index (κ2) is 6.36. The zero-order valence-electron chi connectivity index (χ0n) is 11.6. The zero-order chi connectivity index (χ0) is 16.3. The molecule has 0 saturated carbocycles. The number of aromatic nitrogens is 2. The summed E-state index contributed by atoms with van der Waals surface area (Å²) in [6.45, 7) is 0. The third-order valence-corrected chi connectivity index (χ3v) is 4.84. The molecule has 0 aliphatic heterocycles. The van der Waals surface area contributed by atoms with Crippen molar-refractivity contribution in [1.29, 1.82) is 0 Å². The number of H-pyrrole nitrogens is 1. The van der Waals surface area contributed by atoms with Crippen molar-refractivity contribution in [2.45, 2.75) is 9.79 Å². The summed E-state index contributed by atoms with van der Waals surface area (Å²) in [6, 6.07) is 2.79. The summed E-state index contributed by atoms with van der Waals surface area (Å²) < 4.78 is 45.0. The van der Waals surface area contributed by atoms with E-state index in [4.69, 9.17) is 0 Å². The lowest BCUT2D eigenvalue weighted by Crippen LogP contribution is -2.18. The maximum atomic E-state index is 13.4. The predicted molar refractivity (Wildman–Crippen MR) is 78.9 cm³/mol. The Bertz CT molecular complexity index is 804. The molecule has 0 amide bonds. The summed E-state index contributed by atoms with van der Waals surface area (Å²) in [7, 11) is -3.09. The lowest BCUT2D eigenvalue weighted by atomic mass is 10.2. The van der Waals surface area contributed by atoms with Gasteiger partial charge in [0.1, 0.15) is 16.5 Å². The summed E-state index contributed by atoms with van der Waals surface area (Å²) in [4.78, 5) is 11.7. The van der Waals surface area contributed by atoms with E-state index in [0.29, 0.717) is 4.90 Å². The van der Waals surface area contributed by atoms with Crippen molar-refractivity contribution in [3.05, 3.63) is 35.8 Å². The van der Waals surface area contributed by atoms with E-state index in [-0.39, 0.29) is 11.4 Å². The first-order valence-electron chi connectivity index (χ1n) is 5.87. The molecule has 0 spiro atoms. The van der Waals surface area contributed by atoms with Crippen LogP contribution in [0.3, 0.4) is 0 Å². The van der Waals surface area contributed by atoms with Crippen molar-refractivity contribution < 1.29 is 22.3 Å². The van der Waals surface area contributed by atoms with Gasteiger partial charge in [-0.15, -0.1) is 11.8 Å². The van der Waals surface area contributed by atoms with Crippen LogP contribution in [0.4, 0.5) is 10.2 Å². The van der Waals surface area contributed by atoms with E-state index in [1.165, 1.54) is 18.0 Å². The molecular formula is C12H12FN3O4S2.